The summed E-state index contributed by atoms with van der Waals surface area (Å²) in [6.07, 6.45) is -3.73. The average Bonchev–Trinajstić information content (AvgIpc) is 2.77. The SMILES string of the molecule is O=C(NCc1ccc(Cl)cc1)C1CCN(c2nc3ccccc3nc2C(F)(F)F)CC1. The number of nitrogens with zero attached hydrogens (tertiary/aromatic N) is 3. The Morgan fingerprint density at radius 2 is 1.65 bits per heavy atom. The van der Waals surface area contributed by atoms with E-state index in [1.165, 1.54) is 6.07 Å². The van der Waals surface area contributed by atoms with E-state index in [0.717, 1.165) is 5.56 Å². The van der Waals surface area contributed by atoms with Gasteiger partial charge in [-0.1, -0.05) is 35.9 Å². The van der Waals surface area contributed by atoms with Crippen molar-refractivity contribution >= 4 is 34.4 Å². The summed E-state index contributed by atoms with van der Waals surface area (Å²) in [6, 6.07) is 13.7. The van der Waals surface area contributed by atoms with E-state index in [0.29, 0.717) is 43.0 Å². The minimum atomic E-state index is -4.61. The number of rotatable bonds is 4. The van der Waals surface area contributed by atoms with Crippen LogP contribution in [-0.2, 0) is 17.5 Å². The Balaban J connectivity index is 1.44. The summed E-state index contributed by atoms with van der Waals surface area (Å²) >= 11 is 5.86. The first-order chi connectivity index (χ1) is 14.8. The maximum absolute atomic E-state index is 13.6. The second-order valence-corrected chi connectivity index (χ2v) is 7.92. The number of fused-ring (bicyclic) bond motifs is 1. The molecule has 2 heterocycles. The third-order valence-electron chi connectivity index (χ3n) is 5.37. The van der Waals surface area contributed by atoms with Crippen molar-refractivity contribution in [3.8, 4) is 0 Å². The Morgan fingerprint density at radius 3 is 2.26 bits per heavy atom. The smallest absolute Gasteiger partial charge is 0.355 e. The van der Waals surface area contributed by atoms with Crippen LogP contribution < -0.4 is 10.2 Å². The van der Waals surface area contributed by atoms with Crippen LogP contribution in [0.25, 0.3) is 11.0 Å². The molecule has 1 amide bonds. The molecule has 0 radical (unpaired) electrons. The quantitative estimate of drug-likeness (QED) is 0.620. The summed E-state index contributed by atoms with van der Waals surface area (Å²) in [4.78, 5) is 22.2. The molecule has 162 valence electrons. The maximum atomic E-state index is 13.6. The van der Waals surface area contributed by atoms with E-state index in [1.807, 2.05) is 12.1 Å². The van der Waals surface area contributed by atoms with E-state index < -0.39 is 11.9 Å². The number of para-hydroxylation sites is 2. The average molecular weight is 449 g/mol. The second kappa shape index (κ2) is 8.70. The predicted molar refractivity (Wildman–Crippen MR) is 113 cm³/mol. The first-order valence-electron chi connectivity index (χ1n) is 9.92. The first-order valence-corrected chi connectivity index (χ1v) is 10.3. The molecule has 1 fully saturated rings. The van der Waals surface area contributed by atoms with Gasteiger partial charge in [-0.2, -0.15) is 13.2 Å². The van der Waals surface area contributed by atoms with Crippen LogP contribution in [0.15, 0.2) is 48.5 Å². The molecule has 1 saturated heterocycles. The van der Waals surface area contributed by atoms with E-state index >= 15 is 0 Å². The number of alkyl halides is 3. The molecular formula is C22H20ClF3N4O. The van der Waals surface area contributed by atoms with Crippen molar-refractivity contribution < 1.29 is 18.0 Å². The van der Waals surface area contributed by atoms with Gasteiger partial charge in [0.1, 0.15) is 0 Å². The minimum Gasteiger partial charge on any atom is -0.355 e. The van der Waals surface area contributed by atoms with Gasteiger partial charge in [0.15, 0.2) is 11.5 Å². The van der Waals surface area contributed by atoms with Gasteiger partial charge in [-0.05, 0) is 42.7 Å². The third-order valence-corrected chi connectivity index (χ3v) is 5.62. The molecule has 1 aliphatic heterocycles. The molecule has 0 bridgehead atoms. The van der Waals surface area contributed by atoms with Crippen LogP contribution in [0.3, 0.4) is 0 Å². The summed E-state index contributed by atoms with van der Waals surface area (Å²) < 4.78 is 40.9. The zero-order valence-corrected chi connectivity index (χ0v) is 17.2. The van der Waals surface area contributed by atoms with Gasteiger partial charge in [-0.15, -0.1) is 0 Å². The van der Waals surface area contributed by atoms with Crippen molar-refractivity contribution in [3.63, 3.8) is 0 Å². The molecule has 1 N–H and O–H groups in total. The lowest BCUT2D eigenvalue weighted by molar-refractivity contribution is -0.140. The van der Waals surface area contributed by atoms with Gasteiger partial charge in [-0.3, -0.25) is 4.79 Å². The molecule has 3 aromatic rings. The monoisotopic (exact) mass is 448 g/mol. The fourth-order valence-corrected chi connectivity index (χ4v) is 3.82. The molecule has 4 rings (SSSR count). The highest BCUT2D eigenvalue weighted by atomic mass is 35.5. The Labute approximate surface area is 182 Å². The van der Waals surface area contributed by atoms with Crippen LogP contribution >= 0.6 is 11.6 Å². The van der Waals surface area contributed by atoms with Gasteiger partial charge in [0, 0.05) is 30.6 Å². The van der Waals surface area contributed by atoms with Crippen molar-refractivity contribution in [2.75, 3.05) is 18.0 Å². The molecular weight excluding hydrogens is 429 g/mol. The number of carbonyl (C=O) groups excluding carboxylic acids is 1. The molecule has 2 aromatic carbocycles. The highest BCUT2D eigenvalue weighted by Gasteiger charge is 2.39. The lowest BCUT2D eigenvalue weighted by atomic mass is 9.95. The normalized spacial score (nSPS) is 15.3. The van der Waals surface area contributed by atoms with Gasteiger partial charge in [0.25, 0.3) is 0 Å². The Hall–Kier alpha value is -2.87. The summed E-state index contributed by atoms with van der Waals surface area (Å²) in [5.41, 5.74) is 0.552. The fraction of sp³-hybridized carbons (Fsp3) is 0.318. The molecule has 0 saturated carbocycles. The van der Waals surface area contributed by atoms with Gasteiger partial charge in [0.2, 0.25) is 5.91 Å². The van der Waals surface area contributed by atoms with Crippen molar-refractivity contribution in [3.05, 3.63) is 64.8 Å². The zero-order valence-electron chi connectivity index (χ0n) is 16.5. The number of aromatic nitrogens is 2. The summed E-state index contributed by atoms with van der Waals surface area (Å²) in [5, 5.41) is 3.52. The summed E-state index contributed by atoms with van der Waals surface area (Å²) in [6.45, 7) is 0.981. The molecule has 0 spiro atoms. The largest absolute Gasteiger partial charge is 0.437 e. The maximum Gasteiger partial charge on any atom is 0.437 e. The van der Waals surface area contributed by atoms with E-state index in [1.54, 1.807) is 35.2 Å². The van der Waals surface area contributed by atoms with Gasteiger partial charge in [0.05, 0.1) is 11.0 Å². The number of piperidine rings is 1. The molecule has 0 aliphatic carbocycles. The number of nitrogens with one attached hydrogen (secondary N) is 1. The molecule has 5 nitrogen and oxygen atoms in total. The number of benzene rings is 2. The lowest BCUT2D eigenvalue weighted by Gasteiger charge is -2.33. The second-order valence-electron chi connectivity index (χ2n) is 7.49. The standard InChI is InChI=1S/C22H20ClF3N4O/c23-16-7-5-14(6-8-16)13-27-21(31)15-9-11-30(12-10-15)20-19(22(24,25)26)28-17-3-1-2-4-18(17)29-20/h1-8,15H,9-13H2,(H,27,31). The van der Waals surface area contributed by atoms with Crippen LogP contribution in [0.5, 0.6) is 0 Å². The van der Waals surface area contributed by atoms with Gasteiger partial charge < -0.3 is 10.2 Å². The van der Waals surface area contributed by atoms with Gasteiger partial charge in [-0.25, -0.2) is 9.97 Å². The molecule has 0 atom stereocenters. The van der Waals surface area contributed by atoms with Crippen LogP contribution in [0.2, 0.25) is 5.02 Å². The van der Waals surface area contributed by atoms with Crippen LogP contribution in [-0.4, -0.2) is 29.0 Å². The number of hydrogen-bond acceptors (Lipinski definition) is 4. The van der Waals surface area contributed by atoms with Crippen molar-refractivity contribution in [1.29, 1.82) is 0 Å². The van der Waals surface area contributed by atoms with Crippen LogP contribution in [0.4, 0.5) is 19.0 Å². The predicted octanol–water partition coefficient (Wildman–Crippen LogP) is 4.83. The molecule has 1 aliphatic rings. The van der Waals surface area contributed by atoms with Crippen LogP contribution in [0.1, 0.15) is 24.1 Å². The van der Waals surface area contributed by atoms with Crippen molar-refractivity contribution in [2.45, 2.75) is 25.6 Å². The number of anilines is 1. The zero-order chi connectivity index (χ0) is 22.0. The number of amides is 1. The van der Waals surface area contributed by atoms with E-state index in [4.69, 9.17) is 11.6 Å². The molecule has 0 unspecified atom stereocenters. The number of halogens is 4. The Bertz CT molecular complexity index is 1080. The molecule has 31 heavy (non-hydrogen) atoms. The van der Waals surface area contributed by atoms with E-state index in [2.05, 4.69) is 15.3 Å². The summed E-state index contributed by atoms with van der Waals surface area (Å²) in [7, 11) is 0. The third kappa shape index (κ3) is 4.90. The summed E-state index contributed by atoms with van der Waals surface area (Å²) in [5.74, 6) is -0.534. The Kier molecular flexibility index (Phi) is 6.00. The fourth-order valence-electron chi connectivity index (χ4n) is 3.69. The topological polar surface area (TPSA) is 58.1 Å². The minimum absolute atomic E-state index is 0.102. The lowest BCUT2D eigenvalue weighted by Crippen LogP contribution is -2.41. The highest BCUT2D eigenvalue weighted by Crippen LogP contribution is 2.36. The number of hydrogen-bond donors (Lipinski definition) is 1. The van der Waals surface area contributed by atoms with E-state index in [-0.39, 0.29) is 23.2 Å². The highest BCUT2D eigenvalue weighted by molar-refractivity contribution is 6.30. The molecule has 9 heteroatoms. The van der Waals surface area contributed by atoms with E-state index in [9.17, 15) is 18.0 Å². The Morgan fingerprint density at radius 1 is 1.03 bits per heavy atom. The van der Waals surface area contributed by atoms with Crippen molar-refractivity contribution in [1.82, 2.24) is 15.3 Å². The van der Waals surface area contributed by atoms with Crippen LogP contribution in [0, 0.1) is 5.92 Å². The first kappa shape index (κ1) is 21.4. The number of carbonyl (C=O) groups is 1. The van der Waals surface area contributed by atoms with Gasteiger partial charge >= 0.3 is 6.18 Å². The molecule has 1 aromatic heterocycles. The van der Waals surface area contributed by atoms with Crippen molar-refractivity contribution in [2.24, 2.45) is 5.92 Å².